The fraction of sp³-hybridized carbons (Fsp3) is 0.348. The van der Waals surface area contributed by atoms with Gasteiger partial charge in [0.25, 0.3) is 5.91 Å². The van der Waals surface area contributed by atoms with E-state index in [0.717, 1.165) is 28.5 Å². The van der Waals surface area contributed by atoms with E-state index in [1.807, 2.05) is 53.4 Å². The van der Waals surface area contributed by atoms with Gasteiger partial charge in [-0.15, -0.1) is 0 Å². The quantitative estimate of drug-likeness (QED) is 0.589. The van der Waals surface area contributed by atoms with Crippen LogP contribution in [0, 0.1) is 5.92 Å². The molecule has 2 amide bonds. The molecular weight excluding hydrogens is 444 g/mol. The third kappa shape index (κ3) is 4.26. The predicted octanol–water partition coefficient (Wildman–Crippen LogP) is 4.70. The monoisotopic (exact) mass is 468 g/mol. The van der Waals surface area contributed by atoms with E-state index in [1.165, 1.54) is 0 Å². The molecule has 156 valence electrons. The van der Waals surface area contributed by atoms with Gasteiger partial charge in [0.1, 0.15) is 0 Å². The Kier molecular flexibility index (Phi) is 6.18. The van der Waals surface area contributed by atoms with Crippen molar-refractivity contribution in [1.82, 2.24) is 14.5 Å². The number of likely N-dealkylation sites (tertiary alicyclic amines) is 1. The molecule has 3 aromatic rings. The van der Waals surface area contributed by atoms with Crippen molar-refractivity contribution in [2.24, 2.45) is 5.92 Å². The first-order valence-electron chi connectivity index (χ1n) is 10.4. The Morgan fingerprint density at radius 1 is 1.10 bits per heavy atom. The predicted molar refractivity (Wildman–Crippen MR) is 121 cm³/mol. The number of nitrogens with one attached hydrogen (secondary N) is 1. The molecule has 0 unspecified atom stereocenters. The van der Waals surface area contributed by atoms with Crippen LogP contribution in [-0.2, 0) is 11.3 Å². The van der Waals surface area contributed by atoms with E-state index in [1.54, 1.807) is 0 Å². The van der Waals surface area contributed by atoms with Gasteiger partial charge in [-0.1, -0.05) is 35.0 Å². The number of piperidine rings is 1. The van der Waals surface area contributed by atoms with Gasteiger partial charge in [-0.2, -0.15) is 0 Å². The largest absolute Gasteiger partial charge is 0.339 e. The van der Waals surface area contributed by atoms with E-state index in [2.05, 4.69) is 37.7 Å². The molecule has 1 aromatic heterocycles. The van der Waals surface area contributed by atoms with Gasteiger partial charge >= 0.3 is 0 Å². The van der Waals surface area contributed by atoms with Crippen molar-refractivity contribution in [3.63, 3.8) is 0 Å². The molecule has 6 nitrogen and oxygen atoms in total. The van der Waals surface area contributed by atoms with Crippen LogP contribution < -0.4 is 5.32 Å². The molecule has 0 saturated carbocycles. The van der Waals surface area contributed by atoms with Crippen molar-refractivity contribution < 1.29 is 9.59 Å². The van der Waals surface area contributed by atoms with Crippen LogP contribution in [0.1, 0.15) is 36.5 Å². The minimum Gasteiger partial charge on any atom is -0.339 e. The molecule has 1 fully saturated rings. The van der Waals surface area contributed by atoms with E-state index in [0.29, 0.717) is 37.4 Å². The van der Waals surface area contributed by atoms with Crippen LogP contribution >= 0.6 is 15.9 Å². The molecule has 1 saturated heterocycles. The Balaban J connectivity index is 1.40. The topological polar surface area (TPSA) is 67.2 Å². The average Bonchev–Trinajstić information content (AvgIpc) is 3.11. The molecule has 0 spiro atoms. The number of rotatable bonds is 5. The maximum atomic E-state index is 12.9. The van der Waals surface area contributed by atoms with Crippen LogP contribution in [0.4, 0.5) is 5.95 Å². The van der Waals surface area contributed by atoms with Crippen LogP contribution in [0.15, 0.2) is 53.0 Å². The van der Waals surface area contributed by atoms with Crippen molar-refractivity contribution in [2.45, 2.75) is 32.7 Å². The number of aryl methyl sites for hydroxylation is 1. The second-order valence-corrected chi connectivity index (χ2v) is 8.55. The summed E-state index contributed by atoms with van der Waals surface area (Å²) in [4.78, 5) is 32.1. The van der Waals surface area contributed by atoms with Crippen LogP contribution in [0.2, 0.25) is 0 Å². The maximum absolute atomic E-state index is 12.9. The van der Waals surface area contributed by atoms with Gasteiger partial charge in [0.15, 0.2) is 0 Å². The van der Waals surface area contributed by atoms with E-state index >= 15 is 0 Å². The van der Waals surface area contributed by atoms with Crippen LogP contribution in [0.3, 0.4) is 0 Å². The molecule has 2 heterocycles. The van der Waals surface area contributed by atoms with Crippen molar-refractivity contribution in [3.05, 3.63) is 58.6 Å². The van der Waals surface area contributed by atoms with Gasteiger partial charge < -0.3 is 9.47 Å². The molecular formula is C23H25BrN4O2. The summed E-state index contributed by atoms with van der Waals surface area (Å²) < 4.78 is 3.02. The minimum absolute atomic E-state index is 0.0154. The Hall–Kier alpha value is -2.67. The van der Waals surface area contributed by atoms with E-state index in [4.69, 9.17) is 0 Å². The highest BCUT2D eigenvalue weighted by Gasteiger charge is 2.28. The molecule has 0 radical (unpaired) electrons. The molecule has 1 N–H and O–H groups in total. The first-order chi connectivity index (χ1) is 14.6. The van der Waals surface area contributed by atoms with Gasteiger partial charge in [0, 0.05) is 35.6 Å². The fourth-order valence-corrected chi connectivity index (χ4v) is 4.22. The number of para-hydroxylation sites is 2. The lowest BCUT2D eigenvalue weighted by Crippen LogP contribution is -2.41. The third-order valence-corrected chi connectivity index (χ3v) is 6.11. The van der Waals surface area contributed by atoms with Crippen LogP contribution in [0.25, 0.3) is 11.0 Å². The lowest BCUT2D eigenvalue weighted by molar-refractivity contribution is -0.121. The molecule has 0 aliphatic carbocycles. The highest BCUT2D eigenvalue weighted by atomic mass is 79.9. The Bertz CT molecular complexity index is 1050. The first-order valence-corrected chi connectivity index (χ1v) is 11.2. The summed E-state index contributed by atoms with van der Waals surface area (Å²) in [6, 6.07) is 15.3. The Morgan fingerprint density at radius 2 is 1.80 bits per heavy atom. The van der Waals surface area contributed by atoms with Gasteiger partial charge in [0.2, 0.25) is 11.9 Å². The Labute approximate surface area is 184 Å². The lowest BCUT2D eigenvalue weighted by Gasteiger charge is -2.31. The van der Waals surface area contributed by atoms with Crippen molar-refractivity contribution in [2.75, 3.05) is 18.4 Å². The molecule has 1 aliphatic heterocycles. The lowest BCUT2D eigenvalue weighted by atomic mass is 9.95. The highest BCUT2D eigenvalue weighted by molar-refractivity contribution is 9.10. The number of benzene rings is 2. The number of hydrogen-bond donors (Lipinski definition) is 1. The number of anilines is 1. The Morgan fingerprint density at radius 3 is 2.50 bits per heavy atom. The summed E-state index contributed by atoms with van der Waals surface area (Å²) >= 11 is 3.39. The number of aromatic nitrogens is 2. The number of amides is 2. The summed E-state index contributed by atoms with van der Waals surface area (Å²) in [6.07, 6.45) is 2.27. The van der Waals surface area contributed by atoms with Gasteiger partial charge in [-0.3, -0.25) is 14.9 Å². The standard InChI is InChI=1S/C23H25BrN4O2/c1-2-13-28-20-6-4-3-5-19(20)25-23(28)26-21(29)16-11-14-27(15-12-16)22(30)17-7-9-18(24)10-8-17/h3-10,16H,2,11-15H2,1H3,(H,25,26,29). The van der Waals surface area contributed by atoms with E-state index in [-0.39, 0.29) is 17.7 Å². The minimum atomic E-state index is -0.117. The van der Waals surface area contributed by atoms with E-state index in [9.17, 15) is 9.59 Å². The molecule has 7 heteroatoms. The molecule has 4 rings (SSSR count). The molecule has 0 atom stereocenters. The maximum Gasteiger partial charge on any atom is 0.253 e. The summed E-state index contributed by atoms with van der Waals surface area (Å²) in [5.41, 5.74) is 2.59. The number of hydrogen-bond acceptors (Lipinski definition) is 3. The second-order valence-electron chi connectivity index (χ2n) is 7.64. The zero-order valence-corrected chi connectivity index (χ0v) is 18.6. The van der Waals surface area contributed by atoms with Crippen LogP contribution in [0.5, 0.6) is 0 Å². The number of carbonyl (C=O) groups excluding carboxylic acids is 2. The van der Waals surface area contributed by atoms with Crippen molar-refractivity contribution in [1.29, 1.82) is 0 Å². The average molecular weight is 469 g/mol. The summed E-state index contributed by atoms with van der Waals surface area (Å²) in [6.45, 7) is 4.07. The van der Waals surface area contributed by atoms with Crippen molar-refractivity contribution >= 4 is 44.7 Å². The summed E-state index contributed by atoms with van der Waals surface area (Å²) in [7, 11) is 0. The number of halogens is 1. The highest BCUT2D eigenvalue weighted by Crippen LogP contribution is 2.24. The number of nitrogens with zero attached hydrogens (tertiary/aromatic N) is 3. The van der Waals surface area contributed by atoms with Gasteiger partial charge in [0.05, 0.1) is 11.0 Å². The number of fused-ring (bicyclic) bond motifs is 1. The fourth-order valence-electron chi connectivity index (χ4n) is 3.95. The van der Waals surface area contributed by atoms with Crippen molar-refractivity contribution in [3.8, 4) is 0 Å². The summed E-state index contributed by atoms with van der Waals surface area (Å²) in [5, 5.41) is 3.04. The van der Waals surface area contributed by atoms with Gasteiger partial charge in [-0.05, 0) is 55.7 Å². The third-order valence-electron chi connectivity index (χ3n) is 5.58. The zero-order chi connectivity index (χ0) is 21.1. The zero-order valence-electron chi connectivity index (χ0n) is 17.0. The SMILES string of the molecule is CCCn1c(NC(=O)C2CCN(C(=O)c3ccc(Br)cc3)CC2)nc2ccccc21. The molecule has 0 bridgehead atoms. The van der Waals surface area contributed by atoms with Crippen LogP contribution in [-0.4, -0.2) is 39.4 Å². The molecule has 30 heavy (non-hydrogen) atoms. The smallest absolute Gasteiger partial charge is 0.253 e. The molecule has 2 aromatic carbocycles. The number of carbonyl (C=O) groups is 2. The molecule has 1 aliphatic rings. The van der Waals surface area contributed by atoms with Gasteiger partial charge in [-0.25, -0.2) is 4.98 Å². The first kappa shape index (κ1) is 20.6. The second kappa shape index (κ2) is 9.00. The summed E-state index contributed by atoms with van der Waals surface area (Å²) in [5.74, 6) is 0.495. The van der Waals surface area contributed by atoms with E-state index < -0.39 is 0 Å². The number of imidazole rings is 1. The normalized spacial score (nSPS) is 14.8.